The van der Waals surface area contributed by atoms with E-state index in [2.05, 4.69) is 85.0 Å². The predicted octanol–water partition coefficient (Wildman–Crippen LogP) is 5.03. The quantitative estimate of drug-likeness (QED) is 0.510. The van der Waals surface area contributed by atoms with Gasteiger partial charge >= 0.3 is 0 Å². The number of ketones is 1. The zero-order valence-corrected chi connectivity index (χ0v) is 22.5. The lowest BCUT2D eigenvalue weighted by molar-refractivity contribution is 0.0970. The molecule has 0 aliphatic heterocycles. The van der Waals surface area contributed by atoms with Gasteiger partial charge in [-0.1, -0.05) is 55.4 Å². The van der Waals surface area contributed by atoms with Crippen LogP contribution in [0.15, 0.2) is 28.5 Å². The number of aromatic hydroxyl groups is 1. The number of halogens is 1. The van der Waals surface area contributed by atoms with Crippen LogP contribution in [0.4, 0.5) is 0 Å². The highest BCUT2D eigenvalue weighted by Crippen LogP contribution is 2.39. The average Bonchev–Trinajstić information content (AvgIpc) is 3.08. The van der Waals surface area contributed by atoms with E-state index in [1.54, 1.807) is 0 Å². The molecule has 32 heavy (non-hydrogen) atoms. The Bertz CT molecular complexity index is 967. The number of carbonyl (C=O) groups is 1. The first-order chi connectivity index (χ1) is 14.8. The summed E-state index contributed by atoms with van der Waals surface area (Å²) in [5, 5.41) is 10.9. The molecule has 7 heteroatoms. The zero-order valence-electron chi connectivity index (χ0n) is 20.9. The fourth-order valence-electron chi connectivity index (χ4n) is 3.83. The Morgan fingerprint density at radius 2 is 1.50 bits per heavy atom. The van der Waals surface area contributed by atoms with Crippen molar-refractivity contribution in [1.82, 2.24) is 14.0 Å². The fraction of sp³-hybridized carbons (Fsp3) is 0.600. The highest BCUT2D eigenvalue weighted by Gasteiger charge is 2.28. The number of nitrogens with zero attached hydrogens (tertiary/aromatic N) is 4. The Hall–Kier alpha value is -1.86. The lowest BCUT2D eigenvalue weighted by atomic mass is 9.78. The van der Waals surface area contributed by atoms with Gasteiger partial charge in [0, 0.05) is 42.2 Å². The summed E-state index contributed by atoms with van der Waals surface area (Å²) < 4.78 is 8.18. The van der Waals surface area contributed by atoms with Crippen LogP contribution >= 0.6 is 16.1 Å². The first-order valence-corrected chi connectivity index (χ1v) is 12.1. The van der Waals surface area contributed by atoms with Crippen molar-refractivity contribution >= 4 is 21.9 Å². The Morgan fingerprint density at radius 3 is 1.94 bits per heavy atom. The van der Waals surface area contributed by atoms with Crippen molar-refractivity contribution in [2.24, 2.45) is 4.02 Å². The summed E-state index contributed by atoms with van der Waals surface area (Å²) in [6, 6.07) is 3.69. The van der Waals surface area contributed by atoms with Gasteiger partial charge in [-0.25, -0.2) is 0 Å². The monoisotopic (exact) mass is 506 g/mol. The summed E-state index contributed by atoms with van der Waals surface area (Å²) in [4.78, 5) is 15.7. The molecule has 1 heterocycles. The van der Waals surface area contributed by atoms with E-state index >= 15 is 0 Å². The Labute approximate surface area is 201 Å². The molecule has 0 fully saturated rings. The minimum Gasteiger partial charge on any atom is -0.507 e. The molecule has 0 atom stereocenters. The molecule has 0 saturated heterocycles. The molecule has 0 unspecified atom stereocenters. The second-order valence-electron chi connectivity index (χ2n) is 10.4. The summed E-state index contributed by atoms with van der Waals surface area (Å²) >= 11 is 3.24. The summed E-state index contributed by atoms with van der Waals surface area (Å²) in [7, 11) is 0. The highest BCUT2D eigenvalue weighted by atomic mass is 79.9. The van der Waals surface area contributed by atoms with Crippen molar-refractivity contribution in [3.8, 4) is 5.75 Å². The van der Waals surface area contributed by atoms with E-state index in [1.807, 2.05) is 29.1 Å². The molecule has 2 rings (SSSR count). The van der Waals surface area contributed by atoms with Gasteiger partial charge < -0.3 is 19.1 Å². The molecule has 1 aromatic heterocycles. The molecule has 1 N–H and O–H groups in total. The number of phenolic OH excluding ortho intramolecular Hbond substituents is 1. The van der Waals surface area contributed by atoms with Crippen LogP contribution < -0.4 is 5.62 Å². The van der Waals surface area contributed by atoms with E-state index in [9.17, 15) is 9.90 Å². The average molecular weight is 508 g/mol. The fourth-order valence-corrected chi connectivity index (χ4v) is 4.24. The maximum atomic E-state index is 13.3. The molecule has 1 aromatic carbocycles. The van der Waals surface area contributed by atoms with Gasteiger partial charge in [0.25, 0.3) is 0 Å². The number of Topliss-reactive ketones (excluding diaryl/α,β-unsaturated/α-hetero) is 1. The summed E-state index contributed by atoms with van der Waals surface area (Å²) in [6.45, 7) is 20.5. The van der Waals surface area contributed by atoms with Gasteiger partial charge in [-0.2, -0.15) is 4.02 Å². The van der Waals surface area contributed by atoms with Gasteiger partial charge in [-0.3, -0.25) is 4.79 Å². The SMILES string of the molecule is CCN(CC)CCn1ccn(CC(=O)c2cc(C(C)(C)C)c(O)c(C(C)(C)C)c2)/c1=N\Br. The molecule has 2 aromatic rings. The zero-order chi connectivity index (χ0) is 24.3. The van der Waals surface area contributed by atoms with Crippen molar-refractivity contribution < 1.29 is 9.90 Å². The third-order valence-electron chi connectivity index (χ3n) is 5.93. The van der Waals surface area contributed by atoms with E-state index in [4.69, 9.17) is 0 Å². The molecule has 0 aliphatic carbocycles. The molecule has 0 amide bonds. The van der Waals surface area contributed by atoms with Gasteiger partial charge in [0.15, 0.2) is 5.78 Å². The van der Waals surface area contributed by atoms with Crippen molar-refractivity contribution in [3.63, 3.8) is 0 Å². The van der Waals surface area contributed by atoms with Gasteiger partial charge in [0.2, 0.25) is 5.62 Å². The van der Waals surface area contributed by atoms with Gasteiger partial charge in [0.1, 0.15) is 5.75 Å². The third kappa shape index (κ3) is 6.13. The molecule has 0 spiro atoms. The first-order valence-electron chi connectivity index (χ1n) is 11.4. The first kappa shape index (κ1) is 26.4. The van der Waals surface area contributed by atoms with Crippen molar-refractivity contribution in [2.45, 2.75) is 79.3 Å². The van der Waals surface area contributed by atoms with E-state index in [0.29, 0.717) is 11.2 Å². The number of rotatable bonds is 8. The van der Waals surface area contributed by atoms with Crippen LogP contribution in [0, 0.1) is 0 Å². The molecule has 0 saturated carbocycles. The number of benzene rings is 1. The van der Waals surface area contributed by atoms with Crippen LogP contribution in [-0.2, 0) is 23.9 Å². The van der Waals surface area contributed by atoms with Crippen LogP contribution in [0.2, 0.25) is 0 Å². The van der Waals surface area contributed by atoms with E-state index in [-0.39, 0.29) is 28.9 Å². The number of carbonyl (C=O) groups excluding carboxylic acids is 1. The third-order valence-corrected chi connectivity index (χ3v) is 6.25. The predicted molar refractivity (Wildman–Crippen MR) is 135 cm³/mol. The van der Waals surface area contributed by atoms with Crippen LogP contribution in [0.1, 0.15) is 76.9 Å². The molecular formula is C25H39BrN4O2. The summed E-state index contributed by atoms with van der Waals surface area (Å²) in [5.41, 5.74) is 2.34. The standard InChI is InChI=1S/C25H39BrN4O2/c1-9-28(10-2)11-12-29-13-14-30(23(29)27-26)17-21(31)18-15-19(24(3,4)5)22(32)20(16-18)25(6,7)8/h13-16,32H,9-12,17H2,1-8H3/b27-23-. The molecule has 0 aliphatic rings. The molecule has 178 valence electrons. The smallest absolute Gasteiger partial charge is 0.217 e. The molecular weight excluding hydrogens is 468 g/mol. The lowest BCUT2D eigenvalue weighted by Crippen LogP contribution is -2.33. The maximum absolute atomic E-state index is 13.3. The molecule has 6 nitrogen and oxygen atoms in total. The second kappa shape index (κ2) is 10.4. The van der Waals surface area contributed by atoms with Crippen LogP contribution in [-0.4, -0.2) is 44.6 Å². The highest BCUT2D eigenvalue weighted by molar-refractivity contribution is 9.08. The minimum atomic E-state index is -0.280. The van der Waals surface area contributed by atoms with Crippen LogP contribution in [0.25, 0.3) is 0 Å². The number of hydrogen-bond donors (Lipinski definition) is 1. The number of imidazole rings is 1. The van der Waals surface area contributed by atoms with Gasteiger partial charge in [-0.05, 0) is 36.1 Å². The van der Waals surface area contributed by atoms with Crippen LogP contribution in [0.3, 0.4) is 0 Å². The van der Waals surface area contributed by atoms with E-state index in [0.717, 1.165) is 37.3 Å². The van der Waals surface area contributed by atoms with E-state index in [1.165, 1.54) is 0 Å². The Balaban J connectivity index is 2.39. The van der Waals surface area contributed by atoms with Crippen molar-refractivity contribution in [1.29, 1.82) is 0 Å². The Kier molecular flexibility index (Phi) is 8.56. The largest absolute Gasteiger partial charge is 0.507 e. The second-order valence-corrected chi connectivity index (χ2v) is 10.7. The minimum absolute atomic E-state index is 0.00936. The molecule has 0 radical (unpaired) electrons. The van der Waals surface area contributed by atoms with Crippen molar-refractivity contribution in [2.75, 3.05) is 19.6 Å². The Morgan fingerprint density at radius 1 is 1.00 bits per heavy atom. The van der Waals surface area contributed by atoms with Gasteiger partial charge in [-0.15, -0.1) is 0 Å². The summed E-state index contributed by atoms with van der Waals surface area (Å²) in [5.74, 6) is 0.276. The van der Waals surface area contributed by atoms with E-state index < -0.39 is 0 Å². The topological polar surface area (TPSA) is 62.8 Å². The number of phenols is 1. The summed E-state index contributed by atoms with van der Waals surface area (Å²) in [6.07, 6.45) is 3.87. The number of hydrogen-bond acceptors (Lipinski definition) is 4. The lowest BCUT2D eigenvalue weighted by Gasteiger charge is -2.28. The normalized spacial score (nSPS) is 13.2. The van der Waals surface area contributed by atoms with Gasteiger partial charge in [0.05, 0.1) is 22.7 Å². The maximum Gasteiger partial charge on any atom is 0.217 e. The number of likely N-dealkylation sites (N-methyl/N-ethyl adjacent to an activating group) is 1. The van der Waals surface area contributed by atoms with Crippen LogP contribution in [0.5, 0.6) is 5.75 Å². The number of aromatic nitrogens is 2. The molecule has 0 bridgehead atoms. The van der Waals surface area contributed by atoms with Crippen molar-refractivity contribution in [3.05, 3.63) is 46.8 Å².